The van der Waals surface area contributed by atoms with Crippen LogP contribution in [0.2, 0.25) is 0 Å². The van der Waals surface area contributed by atoms with Gasteiger partial charge >= 0.3 is 0 Å². The molecule has 0 bridgehead atoms. The van der Waals surface area contributed by atoms with Crippen LogP contribution in [0.5, 0.6) is 17.2 Å². The molecule has 4 rings (SSSR count). The fraction of sp³-hybridized carbons (Fsp3) is 0.211. The van der Waals surface area contributed by atoms with E-state index < -0.39 is 0 Å². The van der Waals surface area contributed by atoms with Gasteiger partial charge < -0.3 is 24.9 Å². The zero-order valence-corrected chi connectivity index (χ0v) is 14.9. The molecule has 6 nitrogen and oxygen atoms in total. The molecule has 0 saturated heterocycles. The second-order valence-electron chi connectivity index (χ2n) is 5.89. The summed E-state index contributed by atoms with van der Waals surface area (Å²) in [5, 5.41) is 11.5. The van der Waals surface area contributed by atoms with Crippen molar-refractivity contribution in [2.24, 2.45) is 10.7 Å². The van der Waals surface area contributed by atoms with Crippen molar-refractivity contribution < 1.29 is 14.6 Å². The van der Waals surface area contributed by atoms with Gasteiger partial charge in [0.25, 0.3) is 0 Å². The second-order valence-corrected chi connectivity index (χ2v) is 6.73. The van der Waals surface area contributed by atoms with E-state index in [1.165, 1.54) is 0 Å². The normalized spacial score (nSPS) is 13.3. The number of ether oxygens (including phenoxy) is 2. The summed E-state index contributed by atoms with van der Waals surface area (Å²) in [5.74, 6) is 1.76. The summed E-state index contributed by atoms with van der Waals surface area (Å²) in [6, 6.07) is 12.8. The molecule has 0 fully saturated rings. The number of hydrogen-bond donors (Lipinski definition) is 2. The Hall–Kier alpha value is -2.77. The van der Waals surface area contributed by atoms with Crippen molar-refractivity contribution in [1.82, 2.24) is 4.57 Å². The lowest BCUT2D eigenvalue weighted by atomic mass is 10.1. The number of phenols is 1. The highest BCUT2D eigenvalue weighted by atomic mass is 32.1. The predicted molar refractivity (Wildman–Crippen MR) is 101 cm³/mol. The van der Waals surface area contributed by atoms with Crippen molar-refractivity contribution in [1.29, 1.82) is 0 Å². The first-order valence-corrected chi connectivity index (χ1v) is 9.25. The van der Waals surface area contributed by atoms with Gasteiger partial charge in [-0.15, -0.1) is 11.3 Å². The molecule has 0 unspecified atom stereocenters. The molecule has 7 heteroatoms. The molecule has 0 saturated carbocycles. The van der Waals surface area contributed by atoms with Crippen molar-refractivity contribution in [3.05, 3.63) is 52.6 Å². The molecule has 0 amide bonds. The third kappa shape index (κ3) is 3.31. The quantitative estimate of drug-likeness (QED) is 0.723. The standard InChI is InChI=1S/C19H19N3O3S/c20-8-1-9-22-16(13-2-7-17-18(10-13)25-12-24-17)11-26-19(22)21-14-3-5-15(23)6-4-14/h2-7,10-11,23H,1,8-9,12,20H2. The van der Waals surface area contributed by atoms with Crippen LogP contribution in [0.1, 0.15) is 6.42 Å². The van der Waals surface area contributed by atoms with Crippen LogP contribution in [-0.4, -0.2) is 23.0 Å². The maximum atomic E-state index is 9.44. The van der Waals surface area contributed by atoms with E-state index in [9.17, 15) is 5.11 Å². The molecule has 1 aromatic heterocycles. The van der Waals surface area contributed by atoms with E-state index in [0.717, 1.165) is 46.2 Å². The van der Waals surface area contributed by atoms with Gasteiger partial charge in [-0.1, -0.05) is 0 Å². The van der Waals surface area contributed by atoms with Crippen LogP contribution in [0, 0.1) is 0 Å². The fourth-order valence-corrected chi connectivity index (χ4v) is 3.76. The van der Waals surface area contributed by atoms with Crippen LogP contribution >= 0.6 is 11.3 Å². The smallest absolute Gasteiger partial charge is 0.231 e. The number of nitrogens with two attached hydrogens (primary N) is 1. The summed E-state index contributed by atoms with van der Waals surface area (Å²) >= 11 is 1.57. The maximum absolute atomic E-state index is 9.44. The lowest BCUT2D eigenvalue weighted by Crippen LogP contribution is -2.18. The van der Waals surface area contributed by atoms with Crippen LogP contribution in [0.3, 0.4) is 0 Å². The Balaban J connectivity index is 1.78. The average Bonchev–Trinajstić information content (AvgIpc) is 3.28. The molecule has 0 radical (unpaired) electrons. The number of aromatic nitrogens is 1. The number of benzene rings is 2. The van der Waals surface area contributed by atoms with Crippen LogP contribution in [0.25, 0.3) is 11.3 Å². The van der Waals surface area contributed by atoms with E-state index in [0.29, 0.717) is 6.54 Å². The van der Waals surface area contributed by atoms with E-state index in [4.69, 9.17) is 20.2 Å². The molecular formula is C19H19N3O3S. The summed E-state index contributed by atoms with van der Waals surface area (Å²) in [5.41, 5.74) is 8.64. The largest absolute Gasteiger partial charge is 0.508 e. The molecule has 2 aromatic carbocycles. The molecule has 2 heterocycles. The number of thiazole rings is 1. The first kappa shape index (κ1) is 16.7. The Morgan fingerprint density at radius 2 is 1.92 bits per heavy atom. The summed E-state index contributed by atoms with van der Waals surface area (Å²) in [4.78, 5) is 5.61. The van der Waals surface area contributed by atoms with Gasteiger partial charge in [-0.05, 0) is 55.4 Å². The summed E-state index contributed by atoms with van der Waals surface area (Å²) in [6.07, 6.45) is 0.858. The molecule has 1 aliphatic rings. The third-order valence-corrected chi connectivity index (χ3v) is 4.99. The number of aromatic hydroxyl groups is 1. The average molecular weight is 369 g/mol. The maximum Gasteiger partial charge on any atom is 0.231 e. The zero-order valence-electron chi connectivity index (χ0n) is 14.1. The molecule has 3 aromatic rings. The Morgan fingerprint density at radius 1 is 1.12 bits per heavy atom. The zero-order chi connectivity index (χ0) is 17.9. The lowest BCUT2D eigenvalue weighted by Gasteiger charge is -2.09. The number of rotatable bonds is 5. The van der Waals surface area contributed by atoms with Crippen molar-refractivity contribution in [3.8, 4) is 28.5 Å². The van der Waals surface area contributed by atoms with E-state index in [1.54, 1.807) is 35.6 Å². The molecule has 134 valence electrons. The Kier molecular flexibility index (Phi) is 4.64. The first-order valence-electron chi connectivity index (χ1n) is 8.37. The van der Waals surface area contributed by atoms with Gasteiger partial charge in [0.2, 0.25) is 6.79 Å². The SMILES string of the molecule is NCCCn1c(-c2ccc3c(c2)OCO3)csc1=Nc1ccc(O)cc1. The monoisotopic (exact) mass is 369 g/mol. The van der Waals surface area contributed by atoms with Gasteiger partial charge in [0, 0.05) is 17.5 Å². The van der Waals surface area contributed by atoms with Gasteiger partial charge in [-0.3, -0.25) is 0 Å². The van der Waals surface area contributed by atoms with Crippen molar-refractivity contribution in [3.63, 3.8) is 0 Å². The van der Waals surface area contributed by atoms with Crippen LogP contribution in [0.4, 0.5) is 5.69 Å². The summed E-state index contributed by atoms with van der Waals surface area (Å²) < 4.78 is 13.1. The number of nitrogens with zero attached hydrogens (tertiary/aromatic N) is 2. The first-order chi connectivity index (χ1) is 12.7. The fourth-order valence-electron chi connectivity index (χ4n) is 2.81. The van der Waals surface area contributed by atoms with Gasteiger partial charge in [-0.25, -0.2) is 4.99 Å². The highest BCUT2D eigenvalue weighted by Gasteiger charge is 2.16. The highest BCUT2D eigenvalue weighted by Crippen LogP contribution is 2.36. The minimum absolute atomic E-state index is 0.229. The van der Waals surface area contributed by atoms with Crippen LogP contribution in [0.15, 0.2) is 52.8 Å². The predicted octanol–water partition coefficient (Wildman–Crippen LogP) is 3.23. The Morgan fingerprint density at radius 3 is 2.73 bits per heavy atom. The topological polar surface area (TPSA) is 82.0 Å². The lowest BCUT2D eigenvalue weighted by molar-refractivity contribution is 0.174. The number of phenolic OH excluding ortho intramolecular Hbond substituents is 1. The van der Waals surface area contributed by atoms with E-state index in [1.807, 2.05) is 18.2 Å². The van der Waals surface area contributed by atoms with Crippen molar-refractivity contribution in [2.75, 3.05) is 13.3 Å². The van der Waals surface area contributed by atoms with Gasteiger partial charge in [0.15, 0.2) is 16.3 Å². The van der Waals surface area contributed by atoms with Crippen LogP contribution in [-0.2, 0) is 6.54 Å². The molecule has 3 N–H and O–H groups in total. The highest BCUT2D eigenvalue weighted by molar-refractivity contribution is 7.07. The number of fused-ring (bicyclic) bond motifs is 1. The van der Waals surface area contributed by atoms with Crippen molar-refractivity contribution >= 4 is 17.0 Å². The molecular weight excluding hydrogens is 350 g/mol. The third-order valence-electron chi connectivity index (χ3n) is 4.13. The summed E-state index contributed by atoms with van der Waals surface area (Å²) in [7, 11) is 0. The van der Waals surface area contributed by atoms with Gasteiger partial charge in [0.1, 0.15) is 5.75 Å². The molecule has 26 heavy (non-hydrogen) atoms. The Bertz CT molecular complexity index is 976. The van der Waals surface area contributed by atoms with Crippen LogP contribution < -0.4 is 20.0 Å². The van der Waals surface area contributed by atoms with E-state index in [2.05, 4.69) is 9.95 Å². The van der Waals surface area contributed by atoms with Gasteiger partial charge in [-0.2, -0.15) is 0 Å². The van der Waals surface area contributed by atoms with E-state index in [-0.39, 0.29) is 12.5 Å². The number of hydrogen-bond acceptors (Lipinski definition) is 6. The molecule has 0 aliphatic carbocycles. The Labute approximate surface area is 154 Å². The molecule has 1 aliphatic heterocycles. The molecule has 0 spiro atoms. The minimum atomic E-state index is 0.229. The van der Waals surface area contributed by atoms with E-state index >= 15 is 0 Å². The summed E-state index contributed by atoms with van der Waals surface area (Å²) in [6.45, 7) is 1.65. The second kappa shape index (κ2) is 7.23. The van der Waals surface area contributed by atoms with Crippen molar-refractivity contribution in [2.45, 2.75) is 13.0 Å². The minimum Gasteiger partial charge on any atom is -0.508 e. The molecule has 0 atom stereocenters. The van der Waals surface area contributed by atoms with Gasteiger partial charge in [0.05, 0.1) is 11.4 Å².